The van der Waals surface area contributed by atoms with Crippen molar-refractivity contribution in [3.05, 3.63) is 12.2 Å². The van der Waals surface area contributed by atoms with Gasteiger partial charge in [0, 0.05) is 12.3 Å². The Bertz CT molecular complexity index is 446. The van der Waals surface area contributed by atoms with Crippen LogP contribution in [0.5, 0.6) is 0 Å². The summed E-state index contributed by atoms with van der Waals surface area (Å²) in [5, 5.41) is 7.68. The molecule has 0 spiro atoms. The Kier molecular flexibility index (Phi) is 2.91. The highest BCUT2D eigenvalue weighted by atomic mass is 32.2. The van der Waals surface area contributed by atoms with Gasteiger partial charge in [0.05, 0.1) is 0 Å². The fourth-order valence-corrected chi connectivity index (χ4v) is 1.70. The van der Waals surface area contributed by atoms with Crippen molar-refractivity contribution in [2.24, 2.45) is 0 Å². The van der Waals surface area contributed by atoms with Crippen molar-refractivity contribution < 1.29 is 8.42 Å². The summed E-state index contributed by atoms with van der Waals surface area (Å²) in [6.45, 7) is 7.22. The first-order chi connectivity index (χ1) is 6.68. The quantitative estimate of drug-likeness (QED) is 0.782. The Balaban J connectivity index is 3.34. The summed E-state index contributed by atoms with van der Waals surface area (Å²) in [6.07, 6.45) is 2.78. The van der Waals surface area contributed by atoms with Crippen molar-refractivity contribution in [3.63, 3.8) is 0 Å². The maximum atomic E-state index is 11.6. The lowest BCUT2D eigenvalue weighted by atomic mass is 10.2. The molecule has 1 aromatic rings. The van der Waals surface area contributed by atoms with E-state index < -0.39 is 14.6 Å². The molecule has 0 aromatic carbocycles. The number of hydrogen-bond acceptors (Lipinski definition) is 4. The van der Waals surface area contributed by atoms with Gasteiger partial charge in [-0.2, -0.15) is 0 Å². The molecule has 6 heteroatoms. The minimum atomic E-state index is -3.20. The lowest BCUT2D eigenvalue weighted by molar-refractivity contribution is 0.502. The molecule has 0 bridgehead atoms. The largest absolute Gasteiger partial charge is 0.314 e. The van der Waals surface area contributed by atoms with Crippen LogP contribution in [-0.4, -0.2) is 29.4 Å². The highest BCUT2D eigenvalue weighted by molar-refractivity contribution is 7.91. The average molecular weight is 231 g/mol. The van der Waals surface area contributed by atoms with Crippen molar-refractivity contribution in [3.8, 4) is 0 Å². The minimum Gasteiger partial charge on any atom is -0.314 e. The van der Waals surface area contributed by atoms with Gasteiger partial charge in [0.2, 0.25) is 0 Å². The molecule has 15 heavy (non-hydrogen) atoms. The second kappa shape index (κ2) is 3.59. The number of nitrogens with zero attached hydrogens (tertiary/aromatic N) is 3. The first kappa shape index (κ1) is 12.2. The maximum absolute atomic E-state index is 11.6. The Labute approximate surface area is 90.4 Å². The summed E-state index contributed by atoms with van der Waals surface area (Å²) >= 11 is 0. The van der Waals surface area contributed by atoms with Gasteiger partial charge in [-0.25, -0.2) is 8.42 Å². The van der Waals surface area contributed by atoms with E-state index in [9.17, 15) is 8.42 Å². The van der Waals surface area contributed by atoms with E-state index in [1.165, 1.54) is 6.26 Å². The molecule has 0 saturated carbocycles. The van der Waals surface area contributed by atoms with Crippen LogP contribution in [0, 0.1) is 0 Å². The lowest BCUT2D eigenvalue weighted by Crippen LogP contribution is -2.32. The molecule has 0 unspecified atom stereocenters. The number of sulfone groups is 1. The third kappa shape index (κ3) is 2.04. The SMILES string of the molecule is CC(C)n1cnnc1C(C)(C)S(C)(=O)=O. The lowest BCUT2D eigenvalue weighted by Gasteiger charge is -2.23. The van der Waals surface area contributed by atoms with E-state index in [-0.39, 0.29) is 6.04 Å². The normalized spacial score (nSPS) is 13.5. The van der Waals surface area contributed by atoms with E-state index in [1.54, 1.807) is 24.7 Å². The highest BCUT2D eigenvalue weighted by Crippen LogP contribution is 2.28. The summed E-state index contributed by atoms with van der Waals surface area (Å²) in [6, 6.07) is 0.149. The van der Waals surface area contributed by atoms with Gasteiger partial charge in [0.1, 0.15) is 11.1 Å². The van der Waals surface area contributed by atoms with E-state index in [0.717, 1.165) is 0 Å². The number of hydrogen-bond donors (Lipinski definition) is 0. The summed E-state index contributed by atoms with van der Waals surface area (Å²) < 4.78 is 24.1. The average Bonchev–Trinajstić information content (AvgIpc) is 2.48. The summed E-state index contributed by atoms with van der Waals surface area (Å²) in [5.74, 6) is 0.486. The zero-order chi connectivity index (χ0) is 11.9. The van der Waals surface area contributed by atoms with Gasteiger partial charge in [0.15, 0.2) is 15.7 Å². The zero-order valence-electron chi connectivity index (χ0n) is 9.72. The Hall–Kier alpha value is -0.910. The van der Waals surface area contributed by atoms with Crippen LogP contribution in [-0.2, 0) is 14.6 Å². The molecule has 0 saturated heterocycles. The monoisotopic (exact) mass is 231 g/mol. The van der Waals surface area contributed by atoms with Gasteiger partial charge in [-0.05, 0) is 27.7 Å². The second-order valence-corrected chi connectivity index (χ2v) is 7.00. The molecule has 0 fully saturated rings. The van der Waals surface area contributed by atoms with Crippen LogP contribution < -0.4 is 0 Å². The molecular formula is C9H17N3O2S. The van der Waals surface area contributed by atoms with Crippen LogP contribution in [0.3, 0.4) is 0 Å². The van der Waals surface area contributed by atoms with E-state index in [1.807, 2.05) is 13.8 Å². The second-order valence-electron chi connectivity index (χ2n) is 4.44. The molecular weight excluding hydrogens is 214 g/mol. The molecule has 86 valence electrons. The van der Waals surface area contributed by atoms with Crippen molar-refractivity contribution in [2.75, 3.05) is 6.26 Å². The van der Waals surface area contributed by atoms with Gasteiger partial charge in [-0.3, -0.25) is 0 Å². The molecule has 0 amide bonds. The highest BCUT2D eigenvalue weighted by Gasteiger charge is 2.37. The standard InChI is InChI=1S/C9H17N3O2S/c1-7(2)12-6-10-11-8(12)9(3,4)15(5,13)14/h6-7H,1-5H3. The van der Waals surface area contributed by atoms with Crippen LogP contribution >= 0.6 is 0 Å². The number of aromatic nitrogens is 3. The van der Waals surface area contributed by atoms with Crippen molar-refractivity contribution in [1.82, 2.24) is 14.8 Å². The molecule has 5 nitrogen and oxygen atoms in total. The molecule has 0 atom stereocenters. The van der Waals surface area contributed by atoms with Crippen molar-refractivity contribution in [2.45, 2.75) is 38.5 Å². The van der Waals surface area contributed by atoms with Crippen LogP contribution in [0.15, 0.2) is 6.33 Å². The maximum Gasteiger partial charge on any atom is 0.159 e. The number of rotatable bonds is 3. The fourth-order valence-electron chi connectivity index (χ4n) is 1.22. The molecule has 0 aliphatic heterocycles. The van der Waals surface area contributed by atoms with E-state index in [0.29, 0.717) is 5.82 Å². The molecule has 1 aromatic heterocycles. The Morgan fingerprint density at radius 1 is 1.40 bits per heavy atom. The van der Waals surface area contributed by atoms with Crippen LogP contribution in [0.4, 0.5) is 0 Å². The zero-order valence-corrected chi connectivity index (χ0v) is 10.5. The topological polar surface area (TPSA) is 64.8 Å². The van der Waals surface area contributed by atoms with E-state index in [2.05, 4.69) is 10.2 Å². The van der Waals surface area contributed by atoms with Crippen LogP contribution in [0.25, 0.3) is 0 Å². The van der Waals surface area contributed by atoms with Crippen molar-refractivity contribution in [1.29, 1.82) is 0 Å². The molecule has 0 radical (unpaired) electrons. The summed E-state index contributed by atoms with van der Waals surface area (Å²) in [5.41, 5.74) is 0. The predicted octanol–water partition coefficient (Wildman–Crippen LogP) is 1.14. The van der Waals surface area contributed by atoms with Crippen LogP contribution in [0.2, 0.25) is 0 Å². The summed E-state index contributed by atoms with van der Waals surface area (Å²) in [7, 11) is -3.20. The third-order valence-electron chi connectivity index (χ3n) is 2.59. The van der Waals surface area contributed by atoms with E-state index >= 15 is 0 Å². The van der Waals surface area contributed by atoms with Gasteiger partial charge in [-0.1, -0.05) is 0 Å². The summed E-state index contributed by atoms with van der Waals surface area (Å²) in [4.78, 5) is 0. The fraction of sp³-hybridized carbons (Fsp3) is 0.778. The minimum absolute atomic E-state index is 0.149. The van der Waals surface area contributed by atoms with Gasteiger partial charge >= 0.3 is 0 Å². The molecule has 0 aliphatic rings. The predicted molar refractivity (Wildman–Crippen MR) is 58.3 cm³/mol. The van der Waals surface area contributed by atoms with Gasteiger partial charge in [0.25, 0.3) is 0 Å². The van der Waals surface area contributed by atoms with E-state index in [4.69, 9.17) is 0 Å². The van der Waals surface area contributed by atoms with Gasteiger partial charge in [-0.15, -0.1) is 10.2 Å². The molecule has 1 rings (SSSR count). The first-order valence-corrected chi connectivity index (χ1v) is 6.66. The molecule has 0 aliphatic carbocycles. The molecule has 0 N–H and O–H groups in total. The van der Waals surface area contributed by atoms with Crippen molar-refractivity contribution >= 4 is 9.84 Å². The van der Waals surface area contributed by atoms with Gasteiger partial charge < -0.3 is 4.57 Å². The van der Waals surface area contributed by atoms with Crippen LogP contribution in [0.1, 0.15) is 39.6 Å². The Morgan fingerprint density at radius 3 is 2.33 bits per heavy atom. The first-order valence-electron chi connectivity index (χ1n) is 4.77. The molecule has 1 heterocycles. The smallest absolute Gasteiger partial charge is 0.159 e. The third-order valence-corrected chi connectivity index (χ3v) is 4.63. The Morgan fingerprint density at radius 2 is 1.93 bits per heavy atom.